The minimum absolute atomic E-state index is 0.115. The first kappa shape index (κ1) is 20.0. The predicted octanol–water partition coefficient (Wildman–Crippen LogP) is 0.894. The number of amides is 2. The Kier molecular flexibility index (Phi) is 7.01. The van der Waals surface area contributed by atoms with Crippen LogP contribution >= 0.6 is 11.6 Å². The molecule has 2 amide bonds. The molecule has 0 saturated carbocycles. The molecule has 1 aromatic carbocycles. The second-order valence-corrected chi connectivity index (χ2v) is 7.15. The van der Waals surface area contributed by atoms with E-state index < -0.39 is 5.82 Å². The van der Waals surface area contributed by atoms with E-state index in [1.165, 1.54) is 12.1 Å². The average molecular weight is 399 g/mol. The van der Waals surface area contributed by atoms with Crippen molar-refractivity contribution in [1.82, 2.24) is 14.7 Å². The molecular weight excluding hydrogens is 375 g/mol. The van der Waals surface area contributed by atoms with E-state index in [9.17, 15) is 14.0 Å². The van der Waals surface area contributed by atoms with E-state index in [1.54, 1.807) is 0 Å². The molecule has 3 rings (SSSR count). The Bertz CT molecular complexity index is 677. The van der Waals surface area contributed by atoms with Gasteiger partial charge in [-0.3, -0.25) is 19.4 Å². The van der Waals surface area contributed by atoms with Crippen LogP contribution in [0.5, 0.6) is 0 Å². The van der Waals surface area contributed by atoms with Crippen LogP contribution in [0.2, 0.25) is 5.02 Å². The van der Waals surface area contributed by atoms with Crippen LogP contribution in [0.1, 0.15) is 0 Å². The van der Waals surface area contributed by atoms with Gasteiger partial charge in [0.2, 0.25) is 11.8 Å². The topological polar surface area (TPSA) is 65.1 Å². The first-order valence-electron chi connectivity index (χ1n) is 9.06. The molecule has 27 heavy (non-hydrogen) atoms. The zero-order chi connectivity index (χ0) is 19.2. The number of hydrogen-bond acceptors (Lipinski definition) is 5. The van der Waals surface area contributed by atoms with Gasteiger partial charge in [0.25, 0.3) is 0 Å². The SMILES string of the molecule is O=C(CN1CCN(C(=O)CN2CCOCC2)CC1)Nc1ccc(Cl)cc1F. The van der Waals surface area contributed by atoms with Crippen molar-refractivity contribution >= 4 is 29.1 Å². The van der Waals surface area contributed by atoms with Gasteiger partial charge in [0.05, 0.1) is 32.0 Å². The van der Waals surface area contributed by atoms with Gasteiger partial charge in [0.1, 0.15) is 5.82 Å². The summed E-state index contributed by atoms with van der Waals surface area (Å²) in [5, 5.41) is 2.84. The number of morpholine rings is 1. The van der Waals surface area contributed by atoms with Crippen LogP contribution in [0.25, 0.3) is 0 Å². The number of benzene rings is 1. The van der Waals surface area contributed by atoms with Gasteiger partial charge in [-0.25, -0.2) is 4.39 Å². The van der Waals surface area contributed by atoms with Crippen molar-refractivity contribution in [2.75, 3.05) is 70.9 Å². The molecular formula is C18H24ClFN4O3. The summed E-state index contributed by atoms with van der Waals surface area (Å²) in [5.74, 6) is -0.733. The monoisotopic (exact) mass is 398 g/mol. The Morgan fingerprint density at radius 1 is 1.04 bits per heavy atom. The molecule has 0 aromatic heterocycles. The van der Waals surface area contributed by atoms with Crippen LogP contribution in [0.3, 0.4) is 0 Å². The van der Waals surface area contributed by atoms with E-state index in [-0.39, 0.29) is 29.1 Å². The molecule has 2 saturated heterocycles. The lowest BCUT2D eigenvalue weighted by molar-refractivity contribution is -0.135. The molecule has 9 heteroatoms. The van der Waals surface area contributed by atoms with Crippen LogP contribution in [0.15, 0.2) is 18.2 Å². The Balaban J connectivity index is 1.40. The third kappa shape index (κ3) is 5.87. The molecule has 0 aliphatic carbocycles. The van der Waals surface area contributed by atoms with Gasteiger partial charge >= 0.3 is 0 Å². The van der Waals surface area contributed by atoms with Crippen LogP contribution in [-0.2, 0) is 14.3 Å². The standard InChI is InChI=1S/C18H24ClFN4O3/c19-14-1-2-16(15(20)11-14)21-17(25)12-22-3-5-24(6-4-22)18(26)13-23-7-9-27-10-8-23/h1-2,11H,3-10,12-13H2,(H,21,25). The summed E-state index contributed by atoms with van der Waals surface area (Å²) in [5.41, 5.74) is 0.115. The molecule has 2 aliphatic rings. The van der Waals surface area contributed by atoms with Gasteiger partial charge in [-0.2, -0.15) is 0 Å². The van der Waals surface area contributed by atoms with Crippen LogP contribution in [0.4, 0.5) is 10.1 Å². The number of anilines is 1. The Morgan fingerprint density at radius 3 is 2.37 bits per heavy atom. The maximum Gasteiger partial charge on any atom is 0.238 e. The normalized spacial score (nSPS) is 19.1. The third-order valence-electron chi connectivity index (χ3n) is 4.76. The fourth-order valence-electron chi connectivity index (χ4n) is 3.19. The smallest absolute Gasteiger partial charge is 0.238 e. The highest BCUT2D eigenvalue weighted by molar-refractivity contribution is 6.30. The number of nitrogens with one attached hydrogen (secondary N) is 1. The number of halogens is 2. The maximum atomic E-state index is 13.8. The van der Waals surface area contributed by atoms with Gasteiger partial charge in [0, 0.05) is 44.3 Å². The third-order valence-corrected chi connectivity index (χ3v) is 5.00. The van der Waals surface area contributed by atoms with Crippen molar-refractivity contribution in [3.8, 4) is 0 Å². The summed E-state index contributed by atoms with van der Waals surface area (Å²) >= 11 is 5.71. The molecule has 7 nitrogen and oxygen atoms in total. The van der Waals surface area contributed by atoms with Crippen LogP contribution < -0.4 is 5.32 Å². The molecule has 2 heterocycles. The summed E-state index contributed by atoms with van der Waals surface area (Å²) in [7, 11) is 0. The Hall–Kier alpha value is -1.74. The lowest BCUT2D eigenvalue weighted by atomic mass is 10.2. The second-order valence-electron chi connectivity index (χ2n) is 6.72. The predicted molar refractivity (Wildman–Crippen MR) is 100 cm³/mol. The maximum absolute atomic E-state index is 13.8. The fraction of sp³-hybridized carbons (Fsp3) is 0.556. The number of carbonyl (C=O) groups excluding carboxylic acids is 2. The number of ether oxygens (including phenoxy) is 1. The number of rotatable bonds is 5. The molecule has 148 valence electrons. The van der Waals surface area contributed by atoms with Gasteiger partial charge in [-0.05, 0) is 18.2 Å². The summed E-state index contributed by atoms with van der Waals surface area (Å²) in [6, 6.07) is 4.13. The van der Waals surface area contributed by atoms with Gasteiger partial charge < -0.3 is 15.0 Å². The molecule has 2 aliphatic heterocycles. The summed E-state index contributed by atoms with van der Waals surface area (Å²) in [6.07, 6.45) is 0. The number of piperazine rings is 1. The minimum atomic E-state index is -0.561. The van der Waals surface area contributed by atoms with E-state index in [4.69, 9.17) is 16.3 Å². The molecule has 0 radical (unpaired) electrons. The Labute approximate surface area is 163 Å². The minimum Gasteiger partial charge on any atom is -0.379 e. The molecule has 1 aromatic rings. The van der Waals surface area contributed by atoms with Crippen molar-refractivity contribution in [2.24, 2.45) is 0 Å². The first-order valence-corrected chi connectivity index (χ1v) is 9.44. The van der Waals surface area contributed by atoms with Gasteiger partial charge in [-0.1, -0.05) is 11.6 Å². The van der Waals surface area contributed by atoms with Crippen molar-refractivity contribution in [1.29, 1.82) is 0 Å². The van der Waals surface area contributed by atoms with Crippen molar-refractivity contribution < 1.29 is 18.7 Å². The Morgan fingerprint density at radius 2 is 1.70 bits per heavy atom. The van der Waals surface area contributed by atoms with Crippen molar-refractivity contribution in [3.63, 3.8) is 0 Å². The van der Waals surface area contributed by atoms with E-state index in [1.807, 2.05) is 9.80 Å². The average Bonchev–Trinajstić information content (AvgIpc) is 2.65. The highest BCUT2D eigenvalue weighted by atomic mass is 35.5. The first-order chi connectivity index (χ1) is 13.0. The van der Waals surface area contributed by atoms with Crippen molar-refractivity contribution in [2.45, 2.75) is 0 Å². The molecule has 0 atom stereocenters. The van der Waals surface area contributed by atoms with Crippen molar-refractivity contribution in [3.05, 3.63) is 29.0 Å². The number of carbonyl (C=O) groups is 2. The quantitative estimate of drug-likeness (QED) is 0.798. The van der Waals surface area contributed by atoms with Crippen LogP contribution in [0, 0.1) is 5.82 Å². The van der Waals surface area contributed by atoms with E-state index in [0.29, 0.717) is 45.9 Å². The number of nitrogens with zero attached hydrogens (tertiary/aromatic N) is 3. The van der Waals surface area contributed by atoms with Gasteiger partial charge in [0.15, 0.2) is 0 Å². The summed E-state index contributed by atoms with van der Waals surface area (Å²) in [6.45, 7) is 5.90. The second kappa shape index (κ2) is 9.45. The summed E-state index contributed by atoms with van der Waals surface area (Å²) in [4.78, 5) is 30.4. The molecule has 2 fully saturated rings. The zero-order valence-corrected chi connectivity index (χ0v) is 15.9. The highest BCUT2D eigenvalue weighted by Gasteiger charge is 2.24. The lowest BCUT2D eigenvalue weighted by Crippen LogP contribution is -2.53. The number of hydrogen-bond donors (Lipinski definition) is 1. The largest absolute Gasteiger partial charge is 0.379 e. The van der Waals surface area contributed by atoms with Gasteiger partial charge in [-0.15, -0.1) is 0 Å². The highest BCUT2D eigenvalue weighted by Crippen LogP contribution is 2.18. The lowest BCUT2D eigenvalue weighted by Gasteiger charge is -2.36. The van der Waals surface area contributed by atoms with E-state index in [0.717, 1.165) is 19.2 Å². The summed E-state index contributed by atoms with van der Waals surface area (Å²) < 4.78 is 19.0. The molecule has 0 unspecified atom stereocenters. The molecule has 0 bridgehead atoms. The van der Waals surface area contributed by atoms with E-state index >= 15 is 0 Å². The zero-order valence-electron chi connectivity index (χ0n) is 15.1. The molecule has 1 N–H and O–H groups in total. The van der Waals surface area contributed by atoms with E-state index in [2.05, 4.69) is 10.2 Å². The molecule has 0 spiro atoms. The van der Waals surface area contributed by atoms with Crippen LogP contribution in [-0.4, -0.2) is 92.1 Å². The fourth-order valence-corrected chi connectivity index (χ4v) is 3.35.